The van der Waals surface area contributed by atoms with Gasteiger partial charge in [0, 0.05) is 21.8 Å². The summed E-state index contributed by atoms with van der Waals surface area (Å²) >= 11 is 18.0. The number of esters is 1. The van der Waals surface area contributed by atoms with Gasteiger partial charge in [0.15, 0.2) is 0 Å². The van der Waals surface area contributed by atoms with Crippen LogP contribution in [0.4, 0.5) is 10.1 Å². The van der Waals surface area contributed by atoms with Crippen molar-refractivity contribution in [2.45, 2.75) is 25.6 Å². The lowest BCUT2D eigenvalue weighted by Gasteiger charge is -2.24. The maximum Gasteiger partial charge on any atom is 0.308 e. The Bertz CT molecular complexity index is 956. The summed E-state index contributed by atoms with van der Waals surface area (Å²) in [6.07, 6.45) is -1.98. The number of halogens is 3. The first-order valence-electron chi connectivity index (χ1n) is 8.79. The number of carbonyl (C=O) groups excluding carboxylic acids is 1. The van der Waals surface area contributed by atoms with Crippen molar-refractivity contribution < 1.29 is 23.4 Å². The van der Waals surface area contributed by atoms with Crippen LogP contribution < -0.4 is 10.1 Å². The van der Waals surface area contributed by atoms with Gasteiger partial charge in [-0.05, 0) is 37.3 Å². The van der Waals surface area contributed by atoms with E-state index in [0.29, 0.717) is 16.3 Å². The van der Waals surface area contributed by atoms with Crippen LogP contribution in [0.3, 0.4) is 0 Å². The van der Waals surface area contributed by atoms with E-state index < -0.39 is 24.0 Å². The normalized spacial score (nSPS) is 18.4. The maximum atomic E-state index is 14.9. The van der Waals surface area contributed by atoms with Crippen LogP contribution in [0, 0.1) is 5.82 Å². The monoisotopic (exact) mass is 457 g/mol. The Labute approximate surface area is 183 Å². The Hall–Kier alpha value is -1.93. The minimum atomic E-state index is -0.987. The topological polar surface area (TPSA) is 56.8 Å². The molecule has 0 aliphatic carbocycles. The molecule has 1 aliphatic heterocycles. The van der Waals surface area contributed by atoms with Crippen molar-refractivity contribution in [3.63, 3.8) is 0 Å². The van der Waals surface area contributed by atoms with Crippen molar-refractivity contribution in [1.29, 1.82) is 0 Å². The van der Waals surface area contributed by atoms with Gasteiger partial charge in [0.05, 0.1) is 25.2 Å². The largest absolute Gasteiger partial charge is 0.495 e. The highest BCUT2D eigenvalue weighted by Gasteiger charge is 2.34. The zero-order valence-electron chi connectivity index (χ0n) is 15.6. The molecule has 5 nitrogen and oxygen atoms in total. The summed E-state index contributed by atoms with van der Waals surface area (Å²) in [5.74, 6) is -0.784. The number of ether oxygens (including phenoxy) is 3. The predicted octanol–water partition coefficient (Wildman–Crippen LogP) is 5.32. The second-order valence-electron chi connectivity index (χ2n) is 6.21. The molecule has 2 aromatic rings. The smallest absolute Gasteiger partial charge is 0.308 e. The second kappa shape index (κ2) is 9.26. The maximum absolute atomic E-state index is 14.9. The Morgan fingerprint density at radius 1 is 1.31 bits per heavy atom. The fourth-order valence-corrected chi connectivity index (χ4v) is 3.82. The van der Waals surface area contributed by atoms with Gasteiger partial charge >= 0.3 is 5.97 Å². The number of fused-ring (bicyclic) bond motifs is 1. The fraction of sp³-hybridized carbons (Fsp3) is 0.300. The zero-order valence-corrected chi connectivity index (χ0v) is 18.0. The molecule has 3 rings (SSSR count). The number of thiocarbonyl (C=S) groups is 1. The number of anilines is 1. The number of rotatable bonds is 5. The lowest BCUT2D eigenvalue weighted by atomic mass is 9.98. The third kappa shape index (κ3) is 4.64. The number of hydrogen-bond donors (Lipinski definition) is 1. The van der Waals surface area contributed by atoms with Crippen LogP contribution >= 0.6 is 35.4 Å². The minimum Gasteiger partial charge on any atom is -0.495 e. The van der Waals surface area contributed by atoms with E-state index in [1.807, 2.05) is 0 Å². The molecule has 0 fully saturated rings. The molecule has 0 saturated heterocycles. The van der Waals surface area contributed by atoms with Crippen LogP contribution in [0.1, 0.15) is 30.6 Å². The standard InChI is InChI=1S/C20H18Cl2FNO4S/c1-3-27-16(25)9-15-20(29)24-13-6-4-10(21)8-11(13)19(28-15)17-12(23)5-7-14(26-2)18(17)22/h4-8,15,19H,3,9H2,1-2H3,(H,24,29)/t15-,19+/m1/s1. The average molecular weight is 458 g/mol. The van der Waals surface area contributed by atoms with Gasteiger partial charge in [0.1, 0.15) is 28.8 Å². The van der Waals surface area contributed by atoms with E-state index in [0.717, 1.165) is 0 Å². The number of carbonyl (C=O) groups is 1. The minimum absolute atomic E-state index is 0.0612. The van der Waals surface area contributed by atoms with E-state index in [4.69, 9.17) is 49.6 Å². The molecule has 1 aliphatic rings. The predicted molar refractivity (Wildman–Crippen MR) is 114 cm³/mol. The highest BCUT2D eigenvalue weighted by atomic mass is 35.5. The van der Waals surface area contributed by atoms with Crippen LogP contribution in [0.2, 0.25) is 10.0 Å². The summed E-state index contributed by atoms with van der Waals surface area (Å²) in [5, 5.41) is 3.54. The molecule has 1 heterocycles. The van der Waals surface area contributed by atoms with Crippen molar-refractivity contribution in [3.8, 4) is 5.75 Å². The first-order valence-corrected chi connectivity index (χ1v) is 9.95. The summed E-state index contributed by atoms with van der Waals surface area (Å²) in [4.78, 5) is 12.3. The Morgan fingerprint density at radius 3 is 2.76 bits per heavy atom. The molecule has 154 valence electrons. The van der Waals surface area contributed by atoms with Crippen LogP contribution in [0.25, 0.3) is 0 Å². The fourth-order valence-electron chi connectivity index (χ4n) is 3.06. The summed E-state index contributed by atoms with van der Waals surface area (Å²) in [7, 11) is 1.43. The van der Waals surface area contributed by atoms with Crippen molar-refractivity contribution in [2.75, 3.05) is 19.0 Å². The van der Waals surface area contributed by atoms with Gasteiger partial charge in [0.25, 0.3) is 0 Å². The molecule has 9 heteroatoms. The molecule has 0 bridgehead atoms. The summed E-state index contributed by atoms with van der Waals surface area (Å²) in [5.41, 5.74) is 1.17. The van der Waals surface area contributed by atoms with Gasteiger partial charge in [0.2, 0.25) is 0 Å². The Balaban J connectivity index is 2.13. The molecule has 0 aromatic heterocycles. The number of hydrogen-bond acceptors (Lipinski definition) is 5. The molecule has 0 unspecified atom stereocenters. The molecular formula is C20H18Cl2FNO4S. The quantitative estimate of drug-likeness (QED) is 0.484. The van der Waals surface area contributed by atoms with Gasteiger partial charge in [-0.3, -0.25) is 4.79 Å². The van der Waals surface area contributed by atoms with Crippen LogP contribution in [0.5, 0.6) is 5.75 Å². The Kier molecular flexibility index (Phi) is 6.95. The van der Waals surface area contributed by atoms with Crippen molar-refractivity contribution >= 4 is 52.1 Å². The molecule has 1 N–H and O–H groups in total. The van der Waals surface area contributed by atoms with Crippen LogP contribution in [0.15, 0.2) is 30.3 Å². The van der Waals surface area contributed by atoms with E-state index in [2.05, 4.69) is 5.32 Å². The van der Waals surface area contributed by atoms with Crippen LogP contribution in [-0.4, -0.2) is 30.8 Å². The van der Waals surface area contributed by atoms with E-state index in [-0.39, 0.29) is 34.4 Å². The zero-order chi connectivity index (χ0) is 21.1. The summed E-state index contributed by atoms with van der Waals surface area (Å²) in [6.45, 7) is 1.93. The first-order chi connectivity index (χ1) is 13.8. The molecule has 0 spiro atoms. The Morgan fingerprint density at radius 2 is 2.07 bits per heavy atom. The molecular weight excluding hydrogens is 440 g/mol. The van der Waals surface area contributed by atoms with Crippen molar-refractivity contribution in [3.05, 3.63) is 57.3 Å². The van der Waals surface area contributed by atoms with Gasteiger partial charge in [-0.15, -0.1) is 0 Å². The molecule has 29 heavy (non-hydrogen) atoms. The highest BCUT2D eigenvalue weighted by molar-refractivity contribution is 7.80. The van der Waals surface area contributed by atoms with E-state index in [1.165, 1.54) is 19.2 Å². The lowest BCUT2D eigenvalue weighted by molar-refractivity contribution is -0.145. The second-order valence-corrected chi connectivity index (χ2v) is 7.47. The molecule has 0 amide bonds. The van der Waals surface area contributed by atoms with Crippen molar-refractivity contribution in [2.24, 2.45) is 0 Å². The average Bonchev–Trinajstić information content (AvgIpc) is 2.79. The van der Waals surface area contributed by atoms with Gasteiger partial charge in [-0.1, -0.05) is 35.4 Å². The molecule has 0 saturated carbocycles. The molecule has 0 radical (unpaired) electrons. The van der Waals surface area contributed by atoms with Gasteiger partial charge in [-0.2, -0.15) is 0 Å². The van der Waals surface area contributed by atoms with E-state index >= 15 is 0 Å². The third-order valence-electron chi connectivity index (χ3n) is 4.38. The SMILES string of the molecule is CCOC(=O)C[C@H]1O[C@H](c2c(F)ccc(OC)c2Cl)c2cc(Cl)ccc2NC1=S. The highest BCUT2D eigenvalue weighted by Crippen LogP contribution is 2.43. The van der Waals surface area contributed by atoms with E-state index in [9.17, 15) is 9.18 Å². The molecule has 2 atom stereocenters. The summed E-state index contributed by atoms with van der Waals surface area (Å²) < 4.78 is 31.2. The number of methoxy groups -OCH3 is 1. The molecule has 2 aromatic carbocycles. The van der Waals surface area contributed by atoms with Crippen molar-refractivity contribution in [1.82, 2.24) is 0 Å². The first kappa shape index (κ1) is 21.8. The van der Waals surface area contributed by atoms with Gasteiger partial charge in [-0.25, -0.2) is 4.39 Å². The summed E-state index contributed by atoms with van der Waals surface area (Å²) in [6, 6.07) is 7.68. The lowest BCUT2D eigenvalue weighted by Crippen LogP contribution is -2.31. The number of nitrogens with one attached hydrogen (secondary N) is 1. The van der Waals surface area contributed by atoms with Crippen LogP contribution in [-0.2, 0) is 14.3 Å². The number of benzene rings is 2. The van der Waals surface area contributed by atoms with Gasteiger partial charge < -0.3 is 19.5 Å². The van der Waals surface area contributed by atoms with E-state index in [1.54, 1.807) is 25.1 Å². The third-order valence-corrected chi connectivity index (χ3v) is 5.37.